The van der Waals surface area contributed by atoms with E-state index in [4.69, 9.17) is 9.72 Å². The lowest BCUT2D eigenvalue weighted by Gasteiger charge is -2.32. The van der Waals surface area contributed by atoms with E-state index in [-0.39, 0.29) is 11.5 Å². The molecule has 186 valence electrons. The van der Waals surface area contributed by atoms with Gasteiger partial charge in [-0.15, -0.1) is 0 Å². The first kappa shape index (κ1) is 25.3. The average molecular weight is 484 g/mol. The molecule has 6 nitrogen and oxygen atoms in total. The molecule has 1 unspecified atom stereocenters. The van der Waals surface area contributed by atoms with Gasteiger partial charge in [-0.05, 0) is 74.7 Å². The van der Waals surface area contributed by atoms with Crippen LogP contribution in [0, 0.1) is 20.8 Å². The smallest absolute Gasteiger partial charge is 0.266 e. The Balaban J connectivity index is 1.95. The van der Waals surface area contributed by atoms with Gasteiger partial charge in [-0.1, -0.05) is 42.8 Å². The third-order valence-corrected chi connectivity index (χ3v) is 6.71. The van der Waals surface area contributed by atoms with Crippen LogP contribution in [-0.4, -0.2) is 40.6 Å². The number of fused-ring (bicyclic) bond motifs is 1. The normalized spacial score (nSPS) is 12.0. The van der Waals surface area contributed by atoms with E-state index in [2.05, 4.69) is 0 Å². The number of amides is 1. The Labute approximate surface area is 212 Å². The van der Waals surface area contributed by atoms with Crippen LogP contribution in [0.2, 0.25) is 0 Å². The molecule has 0 aliphatic heterocycles. The molecule has 0 saturated heterocycles. The Kier molecular flexibility index (Phi) is 7.65. The molecule has 4 aromatic rings. The minimum Gasteiger partial charge on any atom is -0.383 e. The molecule has 1 atom stereocenters. The maximum Gasteiger partial charge on any atom is 0.266 e. The fraction of sp³-hybridized carbons (Fsp3) is 0.300. The van der Waals surface area contributed by atoms with Crippen LogP contribution in [0.4, 0.5) is 0 Å². The second-order valence-electron chi connectivity index (χ2n) is 9.18. The lowest BCUT2D eigenvalue weighted by Crippen LogP contribution is -2.40. The molecule has 1 heterocycles. The molecule has 0 bridgehead atoms. The number of ether oxygens (including phenoxy) is 1. The summed E-state index contributed by atoms with van der Waals surface area (Å²) in [6, 6.07) is 20.4. The number of hydrogen-bond donors (Lipinski definition) is 0. The molecule has 36 heavy (non-hydrogen) atoms. The van der Waals surface area contributed by atoms with E-state index in [0.29, 0.717) is 41.9 Å². The van der Waals surface area contributed by atoms with Crippen LogP contribution < -0.4 is 5.56 Å². The molecule has 3 aromatic carbocycles. The van der Waals surface area contributed by atoms with Gasteiger partial charge in [0, 0.05) is 19.2 Å². The summed E-state index contributed by atoms with van der Waals surface area (Å²) in [6.07, 6.45) is 0.580. The van der Waals surface area contributed by atoms with Crippen LogP contribution in [0.15, 0.2) is 71.5 Å². The van der Waals surface area contributed by atoms with E-state index in [1.165, 1.54) is 0 Å². The van der Waals surface area contributed by atoms with Crippen LogP contribution in [0.25, 0.3) is 16.6 Å². The summed E-state index contributed by atoms with van der Waals surface area (Å²) in [7, 11) is 1.62. The summed E-state index contributed by atoms with van der Waals surface area (Å²) in [5, 5.41) is 0.544. The number of benzene rings is 3. The highest BCUT2D eigenvalue weighted by molar-refractivity contribution is 5.94. The van der Waals surface area contributed by atoms with Crippen LogP contribution in [0.1, 0.15) is 52.3 Å². The van der Waals surface area contributed by atoms with E-state index in [0.717, 1.165) is 22.4 Å². The highest BCUT2D eigenvalue weighted by atomic mass is 16.5. The SMILES string of the molecule is CCC(c1nc2ccccc2c(=O)n1-c1ccc(C)c(C)c1)N(CCOC)C(=O)c1ccc(C)cc1. The molecule has 1 aromatic heterocycles. The molecule has 0 fully saturated rings. The van der Waals surface area contributed by atoms with Crippen molar-refractivity contribution in [1.29, 1.82) is 0 Å². The highest BCUT2D eigenvalue weighted by Crippen LogP contribution is 2.28. The number of rotatable bonds is 8. The van der Waals surface area contributed by atoms with Crippen LogP contribution >= 0.6 is 0 Å². The van der Waals surface area contributed by atoms with Gasteiger partial charge in [0.1, 0.15) is 5.82 Å². The van der Waals surface area contributed by atoms with Gasteiger partial charge in [-0.3, -0.25) is 14.2 Å². The predicted octanol–water partition coefficient (Wildman–Crippen LogP) is 5.55. The van der Waals surface area contributed by atoms with E-state index in [9.17, 15) is 9.59 Å². The number of carbonyl (C=O) groups is 1. The number of aryl methyl sites for hydroxylation is 3. The minimum atomic E-state index is -0.437. The van der Waals surface area contributed by atoms with Gasteiger partial charge < -0.3 is 9.64 Å². The third-order valence-electron chi connectivity index (χ3n) is 6.71. The van der Waals surface area contributed by atoms with Crippen molar-refractivity contribution in [2.75, 3.05) is 20.3 Å². The van der Waals surface area contributed by atoms with Gasteiger partial charge in [0.2, 0.25) is 0 Å². The zero-order valence-electron chi connectivity index (χ0n) is 21.6. The van der Waals surface area contributed by atoms with Crippen molar-refractivity contribution in [1.82, 2.24) is 14.5 Å². The Morgan fingerprint density at radius 2 is 1.72 bits per heavy atom. The van der Waals surface area contributed by atoms with Gasteiger partial charge in [0.05, 0.1) is 29.2 Å². The van der Waals surface area contributed by atoms with E-state index in [1.54, 1.807) is 22.6 Å². The fourth-order valence-corrected chi connectivity index (χ4v) is 4.48. The van der Waals surface area contributed by atoms with Gasteiger partial charge in [-0.25, -0.2) is 4.98 Å². The number of para-hydroxylation sites is 1. The average Bonchev–Trinajstić information content (AvgIpc) is 2.88. The van der Waals surface area contributed by atoms with Gasteiger partial charge in [0.15, 0.2) is 0 Å². The lowest BCUT2D eigenvalue weighted by atomic mass is 10.1. The Hall–Kier alpha value is -3.77. The number of nitrogens with zero attached hydrogens (tertiary/aromatic N) is 3. The second-order valence-corrected chi connectivity index (χ2v) is 9.18. The van der Waals surface area contributed by atoms with Gasteiger partial charge in [-0.2, -0.15) is 0 Å². The maximum atomic E-state index is 13.9. The zero-order chi connectivity index (χ0) is 25.8. The van der Waals surface area contributed by atoms with E-state index < -0.39 is 6.04 Å². The van der Waals surface area contributed by atoms with Crippen molar-refractivity contribution in [3.05, 3.63) is 105 Å². The number of methoxy groups -OCH3 is 1. The van der Waals surface area contributed by atoms with Crippen molar-refractivity contribution in [3.63, 3.8) is 0 Å². The number of carbonyl (C=O) groups excluding carboxylic acids is 1. The van der Waals surface area contributed by atoms with E-state index >= 15 is 0 Å². The first-order valence-electron chi connectivity index (χ1n) is 12.3. The molecule has 0 N–H and O–H groups in total. The molecular formula is C30H33N3O3. The van der Waals surface area contributed by atoms with Crippen molar-refractivity contribution in [2.45, 2.75) is 40.2 Å². The number of hydrogen-bond acceptors (Lipinski definition) is 4. The van der Waals surface area contributed by atoms with Crippen LogP contribution in [0.3, 0.4) is 0 Å². The Morgan fingerprint density at radius 3 is 2.39 bits per heavy atom. The molecule has 4 rings (SSSR count). The van der Waals surface area contributed by atoms with Crippen molar-refractivity contribution >= 4 is 16.8 Å². The van der Waals surface area contributed by atoms with E-state index in [1.807, 2.05) is 88.4 Å². The summed E-state index contributed by atoms with van der Waals surface area (Å²) in [5.74, 6) is 0.425. The fourth-order valence-electron chi connectivity index (χ4n) is 4.48. The largest absolute Gasteiger partial charge is 0.383 e. The Morgan fingerprint density at radius 1 is 1.00 bits per heavy atom. The Bertz CT molecular complexity index is 1440. The topological polar surface area (TPSA) is 64.4 Å². The molecule has 0 aliphatic carbocycles. The predicted molar refractivity (Wildman–Crippen MR) is 144 cm³/mol. The van der Waals surface area contributed by atoms with Crippen molar-refractivity contribution in [3.8, 4) is 5.69 Å². The summed E-state index contributed by atoms with van der Waals surface area (Å²) >= 11 is 0. The van der Waals surface area contributed by atoms with Crippen LogP contribution in [-0.2, 0) is 4.74 Å². The third kappa shape index (κ3) is 4.95. The van der Waals surface area contributed by atoms with Gasteiger partial charge >= 0.3 is 0 Å². The van der Waals surface area contributed by atoms with Gasteiger partial charge in [0.25, 0.3) is 11.5 Å². The molecule has 6 heteroatoms. The summed E-state index contributed by atoms with van der Waals surface area (Å²) in [5.41, 5.74) is 5.11. The lowest BCUT2D eigenvalue weighted by molar-refractivity contribution is 0.0579. The standard InChI is InChI=1S/C30H33N3O3/c1-6-27(32(17-18-36-5)29(34)23-14-11-20(2)12-15-23)28-31-26-10-8-7-9-25(26)30(35)33(28)24-16-13-21(3)22(4)19-24/h7-16,19,27H,6,17-18H2,1-5H3. The first-order chi connectivity index (χ1) is 17.3. The quantitative estimate of drug-likeness (QED) is 0.330. The zero-order valence-corrected chi connectivity index (χ0v) is 21.6. The second kappa shape index (κ2) is 10.9. The number of aromatic nitrogens is 2. The highest BCUT2D eigenvalue weighted by Gasteiger charge is 2.29. The molecule has 0 aliphatic rings. The van der Waals surface area contributed by atoms with Crippen molar-refractivity contribution < 1.29 is 9.53 Å². The summed E-state index contributed by atoms with van der Waals surface area (Å²) in [4.78, 5) is 34.4. The summed E-state index contributed by atoms with van der Waals surface area (Å²) < 4.78 is 7.03. The van der Waals surface area contributed by atoms with Crippen molar-refractivity contribution in [2.24, 2.45) is 0 Å². The minimum absolute atomic E-state index is 0.118. The molecule has 0 radical (unpaired) electrons. The molecule has 0 saturated carbocycles. The monoisotopic (exact) mass is 483 g/mol. The summed E-state index contributed by atoms with van der Waals surface area (Å²) in [6.45, 7) is 8.82. The molecular weight excluding hydrogens is 450 g/mol. The first-order valence-corrected chi connectivity index (χ1v) is 12.3. The van der Waals surface area contributed by atoms with Crippen LogP contribution in [0.5, 0.6) is 0 Å². The molecule has 1 amide bonds. The maximum absolute atomic E-state index is 13.9. The molecule has 0 spiro atoms.